The van der Waals surface area contributed by atoms with Gasteiger partial charge in [0.2, 0.25) is 0 Å². The van der Waals surface area contributed by atoms with Gasteiger partial charge in [0.15, 0.2) is 0 Å². The van der Waals surface area contributed by atoms with Gasteiger partial charge >= 0.3 is 0 Å². The standard InChI is InChI=1S/C20H27N5O/c1-3-17-22-23-18-6-7-20(10-14-25(17)18)8-12-24(13-9-20)19(26)16-5-4-11-21-15(16)2/h4-5,11H,3,6-10,12-14H2,1-2H3. The first-order valence-corrected chi connectivity index (χ1v) is 9.74. The van der Waals surface area contributed by atoms with Crippen LogP contribution in [0.5, 0.6) is 0 Å². The lowest BCUT2D eigenvalue weighted by Gasteiger charge is -2.41. The van der Waals surface area contributed by atoms with Crippen molar-refractivity contribution in [2.75, 3.05) is 13.1 Å². The van der Waals surface area contributed by atoms with E-state index in [1.807, 2.05) is 24.0 Å². The molecular formula is C20H27N5O. The number of likely N-dealkylation sites (tertiary alicyclic amines) is 1. The van der Waals surface area contributed by atoms with Crippen LogP contribution < -0.4 is 0 Å². The van der Waals surface area contributed by atoms with Crippen molar-refractivity contribution in [2.45, 2.75) is 58.9 Å². The fraction of sp³-hybridized carbons (Fsp3) is 0.600. The third-order valence-electron chi connectivity index (χ3n) is 6.31. The Labute approximate surface area is 154 Å². The molecule has 1 fully saturated rings. The molecule has 0 aromatic carbocycles. The molecule has 138 valence electrons. The van der Waals surface area contributed by atoms with Crippen LogP contribution in [-0.4, -0.2) is 43.6 Å². The molecule has 4 heterocycles. The number of fused-ring (bicyclic) bond motifs is 1. The van der Waals surface area contributed by atoms with Crippen LogP contribution in [-0.2, 0) is 19.4 Å². The molecule has 2 aromatic rings. The van der Waals surface area contributed by atoms with Gasteiger partial charge in [0.25, 0.3) is 5.91 Å². The number of carbonyl (C=O) groups is 1. The molecule has 0 aliphatic carbocycles. The van der Waals surface area contributed by atoms with Crippen molar-refractivity contribution in [3.63, 3.8) is 0 Å². The topological polar surface area (TPSA) is 63.9 Å². The van der Waals surface area contributed by atoms with Crippen molar-refractivity contribution in [2.24, 2.45) is 5.41 Å². The minimum atomic E-state index is 0.129. The van der Waals surface area contributed by atoms with Gasteiger partial charge in [-0.3, -0.25) is 9.78 Å². The molecule has 2 aliphatic rings. The van der Waals surface area contributed by atoms with Crippen LogP contribution >= 0.6 is 0 Å². The first-order chi connectivity index (χ1) is 12.6. The van der Waals surface area contributed by atoms with E-state index in [2.05, 4.69) is 26.7 Å². The van der Waals surface area contributed by atoms with E-state index in [1.165, 1.54) is 6.42 Å². The first kappa shape index (κ1) is 17.2. The maximum atomic E-state index is 12.8. The number of rotatable bonds is 2. The van der Waals surface area contributed by atoms with Crippen LogP contribution in [0.4, 0.5) is 0 Å². The summed E-state index contributed by atoms with van der Waals surface area (Å²) in [5.41, 5.74) is 1.90. The maximum absolute atomic E-state index is 12.8. The van der Waals surface area contributed by atoms with Crippen LogP contribution in [0.3, 0.4) is 0 Å². The molecular weight excluding hydrogens is 326 g/mol. The predicted molar refractivity (Wildman–Crippen MR) is 98.9 cm³/mol. The van der Waals surface area contributed by atoms with Crippen molar-refractivity contribution in [3.05, 3.63) is 41.2 Å². The van der Waals surface area contributed by atoms with Crippen LogP contribution in [0, 0.1) is 12.3 Å². The smallest absolute Gasteiger partial charge is 0.255 e. The van der Waals surface area contributed by atoms with Gasteiger partial charge in [0, 0.05) is 44.4 Å². The molecule has 1 spiro atoms. The molecule has 0 saturated carbocycles. The lowest BCUT2D eigenvalue weighted by atomic mass is 9.72. The molecule has 0 bridgehead atoms. The molecule has 6 heteroatoms. The Balaban J connectivity index is 1.43. The van der Waals surface area contributed by atoms with E-state index in [9.17, 15) is 4.79 Å². The SMILES string of the molecule is CCc1nnc2n1CCC1(CC2)CCN(C(=O)c2cccnc2C)CC1. The second-order valence-corrected chi connectivity index (χ2v) is 7.72. The van der Waals surface area contributed by atoms with Crippen molar-refractivity contribution < 1.29 is 4.79 Å². The summed E-state index contributed by atoms with van der Waals surface area (Å²) in [4.78, 5) is 19.1. The Kier molecular flexibility index (Phi) is 4.51. The lowest BCUT2D eigenvalue weighted by molar-refractivity contribution is 0.0534. The fourth-order valence-corrected chi connectivity index (χ4v) is 4.49. The number of carbonyl (C=O) groups excluding carboxylic acids is 1. The van der Waals surface area contributed by atoms with Crippen LogP contribution in [0.15, 0.2) is 18.3 Å². The Bertz CT molecular complexity index is 804. The molecule has 1 amide bonds. The number of amides is 1. The highest BCUT2D eigenvalue weighted by Crippen LogP contribution is 2.42. The average molecular weight is 353 g/mol. The van der Waals surface area contributed by atoms with Crippen molar-refractivity contribution in [1.29, 1.82) is 0 Å². The number of hydrogen-bond donors (Lipinski definition) is 0. The highest BCUT2D eigenvalue weighted by molar-refractivity contribution is 5.95. The number of piperidine rings is 1. The number of nitrogens with zero attached hydrogens (tertiary/aromatic N) is 5. The normalized spacial score (nSPS) is 19.2. The number of hydrogen-bond acceptors (Lipinski definition) is 4. The second kappa shape index (κ2) is 6.82. The molecule has 0 atom stereocenters. The van der Waals surface area contributed by atoms with Gasteiger partial charge in [-0.05, 0) is 50.2 Å². The van der Waals surface area contributed by atoms with E-state index in [4.69, 9.17) is 0 Å². The summed E-state index contributed by atoms with van der Waals surface area (Å²) in [6, 6.07) is 3.73. The van der Waals surface area contributed by atoms with Gasteiger partial charge in [0.05, 0.1) is 5.56 Å². The van der Waals surface area contributed by atoms with Crippen LogP contribution in [0.25, 0.3) is 0 Å². The quantitative estimate of drug-likeness (QED) is 0.833. The highest BCUT2D eigenvalue weighted by Gasteiger charge is 2.38. The van der Waals surface area contributed by atoms with Crippen molar-refractivity contribution in [1.82, 2.24) is 24.6 Å². The predicted octanol–water partition coefficient (Wildman–Crippen LogP) is 2.80. The number of aryl methyl sites for hydroxylation is 3. The Morgan fingerprint density at radius 3 is 2.65 bits per heavy atom. The van der Waals surface area contributed by atoms with Crippen LogP contribution in [0.1, 0.15) is 60.3 Å². The van der Waals surface area contributed by atoms with E-state index >= 15 is 0 Å². The highest BCUT2D eigenvalue weighted by atomic mass is 16.2. The summed E-state index contributed by atoms with van der Waals surface area (Å²) >= 11 is 0. The van der Waals surface area contributed by atoms with Gasteiger partial charge in [-0.2, -0.15) is 0 Å². The third kappa shape index (κ3) is 3.02. The van der Waals surface area contributed by atoms with Crippen LogP contribution in [0.2, 0.25) is 0 Å². The Morgan fingerprint density at radius 2 is 1.92 bits per heavy atom. The average Bonchev–Trinajstić information content (AvgIpc) is 2.99. The zero-order valence-corrected chi connectivity index (χ0v) is 15.7. The molecule has 2 aliphatic heterocycles. The maximum Gasteiger partial charge on any atom is 0.255 e. The van der Waals surface area contributed by atoms with E-state index in [0.29, 0.717) is 5.41 Å². The fourth-order valence-electron chi connectivity index (χ4n) is 4.49. The van der Waals surface area contributed by atoms with Gasteiger partial charge in [-0.15, -0.1) is 10.2 Å². The van der Waals surface area contributed by atoms with Crippen molar-refractivity contribution in [3.8, 4) is 0 Å². The minimum absolute atomic E-state index is 0.129. The summed E-state index contributed by atoms with van der Waals surface area (Å²) in [5, 5.41) is 8.72. The Morgan fingerprint density at radius 1 is 1.15 bits per heavy atom. The largest absolute Gasteiger partial charge is 0.339 e. The van der Waals surface area contributed by atoms with Gasteiger partial charge < -0.3 is 9.47 Å². The minimum Gasteiger partial charge on any atom is -0.339 e. The number of aromatic nitrogens is 4. The zero-order chi connectivity index (χ0) is 18.1. The monoisotopic (exact) mass is 353 g/mol. The molecule has 0 N–H and O–H groups in total. The summed E-state index contributed by atoms with van der Waals surface area (Å²) in [6.45, 7) is 6.75. The molecule has 6 nitrogen and oxygen atoms in total. The summed E-state index contributed by atoms with van der Waals surface area (Å²) in [5.74, 6) is 2.38. The summed E-state index contributed by atoms with van der Waals surface area (Å²) < 4.78 is 2.32. The first-order valence-electron chi connectivity index (χ1n) is 9.74. The molecule has 26 heavy (non-hydrogen) atoms. The molecule has 0 radical (unpaired) electrons. The molecule has 4 rings (SSSR count). The van der Waals surface area contributed by atoms with Gasteiger partial charge in [-0.1, -0.05) is 6.92 Å². The van der Waals surface area contributed by atoms with E-state index in [-0.39, 0.29) is 5.91 Å². The van der Waals surface area contributed by atoms with Gasteiger partial charge in [0.1, 0.15) is 11.6 Å². The zero-order valence-electron chi connectivity index (χ0n) is 15.7. The molecule has 1 saturated heterocycles. The van der Waals surface area contributed by atoms with E-state index in [1.54, 1.807) is 6.20 Å². The molecule has 0 unspecified atom stereocenters. The van der Waals surface area contributed by atoms with Crippen molar-refractivity contribution >= 4 is 5.91 Å². The number of pyridine rings is 1. The van der Waals surface area contributed by atoms with E-state index in [0.717, 1.165) is 74.6 Å². The second-order valence-electron chi connectivity index (χ2n) is 7.72. The summed E-state index contributed by atoms with van der Waals surface area (Å²) in [7, 11) is 0. The summed E-state index contributed by atoms with van der Waals surface area (Å²) in [6.07, 6.45) is 8.17. The molecule has 2 aromatic heterocycles. The van der Waals surface area contributed by atoms with E-state index < -0.39 is 0 Å². The third-order valence-corrected chi connectivity index (χ3v) is 6.31. The van der Waals surface area contributed by atoms with Gasteiger partial charge in [-0.25, -0.2) is 0 Å². The lowest BCUT2D eigenvalue weighted by Crippen LogP contribution is -2.43. The Hall–Kier alpha value is -2.24.